The first-order valence-electron chi connectivity index (χ1n) is 5.54. The van der Waals surface area contributed by atoms with E-state index < -0.39 is 21.1 Å². The standard InChI is InChI=1S/C11H16BrFN2O2S/c1-3-14-7-8(2)18(16,17)15-11-6-9(12)4-5-10(11)13/h4-6,8,14-15H,3,7H2,1-2H3. The van der Waals surface area contributed by atoms with E-state index in [0.29, 0.717) is 17.6 Å². The van der Waals surface area contributed by atoms with Crippen LogP contribution in [0.15, 0.2) is 22.7 Å². The Morgan fingerprint density at radius 3 is 2.72 bits per heavy atom. The molecule has 0 fully saturated rings. The van der Waals surface area contributed by atoms with Gasteiger partial charge in [-0.25, -0.2) is 12.8 Å². The van der Waals surface area contributed by atoms with Gasteiger partial charge in [-0.3, -0.25) is 4.72 Å². The van der Waals surface area contributed by atoms with E-state index in [4.69, 9.17) is 0 Å². The highest BCUT2D eigenvalue weighted by molar-refractivity contribution is 9.10. The van der Waals surface area contributed by atoms with Crippen LogP contribution < -0.4 is 10.0 Å². The molecule has 1 unspecified atom stereocenters. The van der Waals surface area contributed by atoms with E-state index >= 15 is 0 Å². The number of rotatable bonds is 6. The van der Waals surface area contributed by atoms with E-state index in [1.807, 2.05) is 6.92 Å². The molecule has 0 amide bonds. The maximum atomic E-state index is 13.5. The second-order valence-electron chi connectivity index (χ2n) is 3.89. The summed E-state index contributed by atoms with van der Waals surface area (Å²) in [6.45, 7) is 4.47. The van der Waals surface area contributed by atoms with E-state index in [0.717, 1.165) is 0 Å². The lowest BCUT2D eigenvalue weighted by molar-refractivity contribution is 0.578. The van der Waals surface area contributed by atoms with Gasteiger partial charge in [-0.1, -0.05) is 22.9 Å². The van der Waals surface area contributed by atoms with Crippen LogP contribution in [0.2, 0.25) is 0 Å². The van der Waals surface area contributed by atoms with Crippen LogP contribution in [0.25, 0.3) is 0 Å². The molecule has 0 bridgehead atoms. The summed E-state index contributed by atoms with van der Waals surface area (Å²) >= 11 is 3.17. The number of sulfonamides is 1. The van der Waals surface area contributed by atoms with Gasteiger partial charge in [0.25, 0.3) is 0 Å². The van der Waals surface area contributed by atoms with Crippen LogP contribution in [0.5, 0.6) is 0 Å². The van der Waals surface area contributed by atoms with E-state index in [2.05, 4.69) is 26.0 Å². The fourth-order valence-electron chi connectivity index (χ4n) is 1.29. The van der Waals surface area contributed by atoms with Gasteiger partial charge in [0.2, 0.25) is 10.0 Å². The molecule has 0 aliphatic rings. The molecule has 0 radical (unpaired) electrons. The summed E-state index contributed by atoms with van der Waals surface area (Å²) in [4.78, 5) is 0. The summed E-state index contributed by atoms with van der Waals surface area (Å²) in [5.74, 6) is -0.600. The van der Waals surface area contributed by atoms with Crippen LogP contribution in [-0.4, -0.2) is 26.8 Å². The monoisotopic (exact) mass is 338 g/mol. The summed E-state index contributed by atoms with van der Waals surface area (Å²) in [5, 5.41) is 2.30. The van der Waals surface area contributed by atoms with E-state index in [1.54, 1.807) is 6.92 Å². The smallest absolute Gasteiger partial charge is 0.236 e. The minimum absolute atomic E-state index is 0.0484. The van der Waals surface area contributed by atoms with Crippen molar-refractivity contribution in [1.29, 1.82) is 0 Å². The second-order valence-corrected chi connectivity index (χ2v) is 6.90. The van der Waals surface area contributed by atoms with Crippen LogP contribution >= 0.6 is 15.9 Å². The molecular formula is C11H16BrFN2O2S. The molecule has 102 valence electrons. The highest BCUT2D eigenvalue weighted by atomic mass is 79.9. The Balaban J connectivity index is 2.85. The maximum Gasteiger partial charge on any atom is 0.236 e. The van der Waals surface area contributed by atoms with Crippen LogP contribution in [0.4, 0.5) is 10.1 Å². The van der Waals surface area contributed by atoms with Gasteiger partial charge in [0, 0.05) is 11.0 Å². The number of nitrogens with one attached hydrogen (secondary N) is 2. The number of benzene rings is 1. The molecule has 1 aromatic rings. The quantitative estimate of drug-likeness (QED) is 0.836. The minimum Gasteiger partial charge on any atom is -0.316 e. The van der Waals surface area contributed by atoms with Crippen LogP contribution in [0, 0.1) is 5.82 Å². The van der Waals surface area contributed by atoms with Crippen LogP contribution in [-0.2, 0) is 10.0 Å². The first-order chi connectivity index (χ1) is 8.36. The first kappa shape index (κ1) is 15.4. The van der Waals surface area contributed by atoms with Crippen molar-refractivity contribution < 1.29 is 12.8 Å². The molecule has 1 atom stereocenters. The molecular weight excluding hydrogens is 323 g/mol. The molecule has 0 saturated carbocycles. The van der Waals surface area contributed by atoms with E-state index in [9.17, 15) is 12.8 Å². The van der Waals surface area contributed by atoms with Gasteiger partial charge < -0.3 is 5.32 Å². The molecule has 0 spiro atoms. The molecule has 1 rings (SSSR count). The van der Waals surface area contributed by atoms with Crippen molar-refractivity contribution >= 4 is 31.6 Å². The van der Waals surface area contributed by atoms with Gasteiger partial charge in [0.15, 0.2) is 0 Å². The normalized spacial score (nSPS) is 13.3. The SMILES string of the molecule is CCNCC(C)S(=O)(=O)Nc1cc(Br)ccc1F. The van der Waals surface area contributed by atoms with Gasteiger partial charge in [0.1, 0.15) is 5.82 Å². The van der Waals surface area contributed by atoms with E-state index in [-0.39, 0.29) is 5.69 Å². The Hall–Kier alpha value is -0.660. The Morgan fingerprint density at radius 2 is 2.11 bits per heavy atom. The molecule has 0 aliphatic carbocycles. The van der Waals surface area contributed by atoms with Crippen molar-refractivity contribution in [3.8, 4) is 0 Å². The Labute approximate surface area is 115 Å². The average molecular weight is 339 g/mol. The van der Waals surface area contributed by atoms with Crippen LogP contribution in [0.1, 0.15) is 13.8 Å². The highest BCUT2D eigenvalue weighted by Gasteiger charge is 2.21. The Bertz CT molecular complexity index is 508. The highest BCUT2D eigenvalue weighted by Crippen LogP contribution is 2.21. The zero-order chi connectivity index (χ0) is 13.8. The fraction of sp³-hybridized carbons (Fsp3) is 0.455. The van der Waals surface area contributed by atoms with Crippen LogP contribution in [0.3, 0.4) is 0 Å². The maximum absolute atomic E-state index is 13.5. The van der Waals surface area contributed by atoms with Gasteiger partial charge in [-0.05, 0) is 31.7 Å². The molecule has 7 heteroatoms. The molecule has 0 aromatic heterocycles. The number of hydrogen-bond acceptors (Lipinski definition) is 3. The van der Waals surface area contributed by atoms with Crippen molar-refractivity contribution in [2.75, 3.05) is 17.8 Å². The fourth-order valence-corrected chi connectivity index (χ4v) is 2.65. The largest absolute Gasteiger partial charge is 0.316 e. The van der Waals surface area contributed by atoms with Crippen molar-refractivity contribution in [2.45, 2.75) is 19.1 Å². The van der Waals surface area contributed by atoms with Crippen molar-refractivity contribution in [3.63, 3.8) is 0 Å². The predicted octanol–water partition coefficient (Wildman–Crippen LogP) is 2.33. The summed E-state index contributed by atoms with van der Waals surface area (Å²) in [6.07, 6.45) is 0. The Morgan fingerprint density at radius 1 is 1.44 bits per heavy atom. The average Bonchev–Trinajstić information content (AvgIpc) is 2.30. The van der Waals surface area contributed by atoms with Gasteiger partial charge in [0.05, 0.1) is 10.9 Å². The molecule has 18 heavy (non-hydrogen) atoms. The topological polar surface area (TPSA) is 58.2 Å². The zero-order valence-corrected chi connectivity index (χ0v) is 12.6. The lowest BCUT2D eigenvalue weighted by Crippen LogP contribution is -2.34. The van der Waals surface area contributed by atoms with Crippen molar-refractivity contribution in [1.82, 2.24) is 5.32 Å². The lowest BCUT2D eigenvalue weighted by Gasteiger charge is -2.15. The third kappa shape index (κ3) is 4.22. The second kappa shape index (κ2) is 6.49. The summed E-state index contributed by atoms with van der Waals surface area (Å²) in [6, 6.07) is 4.11. The van der Waals surface area contributed by atoms with Crippen molar-refractivity contribution in [3.05, 3.63) is 28.5 Å². The molecule has 0 saturated heterocycles. The predicted molar refractivity (Wildman–Crippen MR) is 74.6 cm³/mol. The van der Waals surface area contributed by atoms with Crippen molar-refractivity contribution in [2.24, 2.45) is 0 Å². The molecule has 4 nitrogen and oxygen atoms in total. The van der Waals surface area contributed by atoms with Gasteiger partial charge in [-0.2, -0.15) is 0 Å². The number of hydrogen-bond donors (Lipinski definition) is 2. The summed E-state index contributed by atoms with van der Waals surface area (Å²) in [5.41, 5.74) is -0.0484. The molecule has 2 N–H and O–H groups in total. The third-order valence-electron chi connectivity index (χ3n) is 2.39. The number of halogens is 2. The zero-order valence-electron chi connectivity index (χ0n) is 10.2. The number of anilines is 1. The summed E-state index contributed by atoms with van der Waals surface area (Å²) < 4.78 is 40.2. The first-order valence-corrected chi connectivity index (χ1v) is 7.88. The molecule has 0 heterocycles. The molecule has 1 aromatic carbocycles. The minimum atomic E-state index is -3.60. The molecule has 0 aliphatic heterocycles. The summed E-state index contributed by atoms with van der Waals surface area (Å²) in [7, 11) is -3.60. The lowest BCUT2D eigenvalue weighted by atomic mass is 10.3. The van der Waals surface area contributed by atoms with E-state index in [1.165, 1.54) is 18.2 Å². The van der Waals surface area contributed by atoms with Gasteiger partial charge >= 0.3 is 0 Å². The Kier molecular flexibility index (Phi) is 5.55. The van der Waals surface area contributed by atoms with Gasteiger partial charge in [-0.15, -0.1) is 0 Å². The third-order valence-corrected chi connectivity index (χ3v) is 4.62.